The van der Waals surface area contributed by atoms with E-state index in [0.29, 0.717) is 17.3 Å². The van der Waals surface area contributed by atoms with Crippen molar-refractivity contribution in [1.29, 1.82) is 0 Å². The van der Waals surface area contributed by atoms with Gasteiger partial charge in [-0.25, -0.2) is 8.42 Å². The maximum absolute atomic E-state index is 12.6. The summed E-state index contributed by atoms with van der Waals surface area (Å²) in [5.74, 6) is 0.845. The van der Waals surface area contributed by atoms with Gasteiger partial charge in [0.2, 0.25) is 0 Å². The van der Waals surface area contributed by atoms with Gasteiger partial charge < -0.3 is 10.3 Å². The van der Waals surface area contributed by atoms with Crippen molar-refractivity contribution in [2.24, 2.45) is 5.73 Å². The van der Waals surface area contributed by atoms with Crippen LogP contribution in [0.4, 0.5) is 0 Å². The van der Waals surface area contributed by atoms with Crippen LogP contribution in [0.2, 0.25) is 0 Å². The minimum Gasteiger partial charge on any atom is -0.334 e. The number of rotatable bonds is 5. The summed E-state index contributed by atoms with van der Waals surface area (Å²) < 4.78 is 30.6. The first kappa shape index (κ1) is 20.5. The number of sulfone groups is 1. The molecule has 0 bridgehead atoms. The largest absolute Gasteiger partial charge is 0.334 e. The molecule has 2 aromatic carbocycles. The summed E-state index contributed by atoms with van der Waals surface area (Å²) in [6, 6.07) is 15.7. The molecule has 4 rings (SSSR count). The number of hydrogen-bond acceptors (Lipinski definition) is 6. The Kier molecular flexibility index (Phi) is 5.88. The molecule has 148 valence electrons. The van der Waals surface area contributed by atoms with Gasteiger partial charge in [-0.05, 0) is 42.7 Å². The van der Waals surface area contributed by atoms with Crippen LogP contribution in [0.15, 0.2) is 64.0 Å². The zero-order chi connectivity index (χ0) is 18.9. The minimum absolute atomic E-state index is 0. The first-order valence-corrected chi connectivity index (χ1v) is 10.6. The number of nitrogens with zero attached hydrogens (tertiary/aromatic N) is 2. The van der Waals surface area contributed by atoms with E-state index in [2.05, 4.69) is 10.1 Å². The summed E-state index contributed by atoms with van der Waals surface area (Å²) in [7, 11) is -3.42. The molecule has 1 aliphatic rings. The average molecular weight is 420 g/mol. The molecular weight excluding hydrogens is 398 g/mol. The summed E-state index contributed by atoms with van der Waals surface area (Å²) in [5.41, 5.74) is 7.28. The van der Waals surface area contributed by atoms with Crippen molar-refractivity contribution in [2.45, 2.75) is 41.9 Å². The molecule has 3 aromatic rings. The van der Waals surface area contributed by atoms with Gasteiger partial charge in [-0.2, -0.15) is 4.98 Å². The van der Waals surface area contributed by atoms with E-state index < -0.39 is 15.4 Å². The first-order chi connectivity index (χ1) is 13.0. The van der Waals surface area contributed by atoms with Crippen LogP contribution < -0.4 is 5.73 Å². The third-order valence-electron chi connectivity index (χ3n) is 5.03. The molecule has 1 saturated carbocycles. The fourth-order valence-electron chi connectivity index (χ4n) is 3.45. The molecule has 0 spiro atoms. The zero-order valence-electron chi connectivity index (χ0n) is 15.2. The van der Waals surface area contributed by atoms with E-state index in [1.165, 1.54) is 0 Å². The summed E-state index contributed by atoms with van der Waals surface area (Å²) in [5, 5.41) is 4.04. The summed E-state index contributed by atoms with van der Waals surface area (Å²) in [6.07, 6.45) is 3.83. The third-order valence-corrected chi connectivity index (χ3v) is 6.73. The Labute approximate surface area is 170 Å². The molecule has 0 amide bonds. The quantitative estimate of drug-likeness (QED) is 0.674. The Morgan fingerprint density at radius 2 is 1.64 bits per heavy atom. The number of hydrogen-bond donors (Lipinski definition) is 1. The Bertz CT molecular complexity index is 1030. The van der Waals surface area contributed by atoms with E-state index in [-0.39, 0.29) is 23.1 Å². The van der Waals surface area contributed by atoms with Crippen molar-refractivity contribution in [3.63, 3.8) is 0 Å². The fraction of sp³-hybridized carbons (Fsp3) is 0.300. The highest BCUT2D eigenvalue weighted by atomic mass is 35.5. The van der Waals surface area contributed by atoms with Crippen LogP contribution in [0.1, 0.15) is 37.1 Å². The molecule has 1 aliphatic carbocycles. The van der Waals surface area contributed by atoms with Crippen LogP contribution in [-0.4, -0.2) is 18.6 Å². The van der Waals surface area contributed by atoms with Crippen LogP contribution in [0.3, 0.4) is 0 Å². The SMILES string of the molecule is Cl.NC1(c2noc(-c3ccc(S(=O)(=O)Cc4ccccc4)cc3)n2)CCCC1. The standard InChI is InChI=1S/C20H21N3O3S.ClH/c21-20(12-4-5-13-20)19-22-18(26-23-19)16-8-10-17(11-9-16)27(24,25)14-15-6-2-1-3-7-15;/h1-3,6-11H,4-5,12-14,21H2;1H. The summed E-state index contributed by atoms with van der Waals surface area (Å²) in [4.78, 5) is 4.71. The minimum atomic E-state index is -3.42. The van der Waals surface area contributed by atoms with E-state index in [1.807, 2.05) is 18.2 Å². The molecule has 28 heavy (non-hydrogen) atoms. The third kappa shape index (κ3) is 4.11. The highest BCUT2D eigenvalue weighted by molar-refractivity contribution is 7.90. The van der Waals surface area contributed by atoms with Crippen LogP contribution in [0.5, 0.6) is 0 Å². The Morgan fingerprint density at radius 1 is 1.00 bits per heavy atom. The van der Waals surface area contributed by atoms with Gasteiger partial charge in [0.15, 0.2) is 15.7 Å². The summed E-state index contributed by atoms with van der Waals surface area (Å²) in [6.45, 7) is 0. The molecule has 1 aromatic heterocycles. The Hall–Kier alpha value is -2.22. The lowest BCUT2D eigenvalue weighted by Gasteiger charge is -2.17. The second-order valence-corrected chi connectivity index (χ2v) is 9.05. The monoisotopic (exact) mass is 419 g/mol. The van der Waals surface area contributed by atoms with E-state index in [0.717, 1.165) is 31.2 Å². The van der Waals surface area contributed by atoms with Gasteiger partial charge in [0.1, 0.15) is 0 Å². The van der Waals surface area contributed by atoms with Crippen molar-refractivity contribution in [2.75, 3.05) is 0 Å². The van der Waals surface area contributed by atoms with Crippen LogP contribution in [0, 0.1) is 0 Å². The molecule has 0 saturated heterocycles. The lowest BCUT2D eigenvalue weighted by Crippen LogP contribution is -2.34. The molecule has 8 heteroatoms. The molecule has 0 atom stereocenters. The van der Waals surface area contributed by atoms with Gasteiger partial charge in [0.25, 0.3) is 5.89 Å². The van der Waals surface area contributed by atoms with Gasteiger partial charge >= 0.3 is 0 Å². The van der Waals surface area contributed by atoms with E-state index >= 15 is 0 Å². The number of nitrogens with two attached hydrogens (primary N) is 1. The Balaban J connectivity index is 0.00000225. The van der Waals surface area contributed by atoms with Crippen molar-refractivity contribution < 1.29 is 12.9 Å². The molecule has 6 nitrogen and oxygen atoms in total. The van der Waals surface area contributed by atoms with E-state index in [9.17, 15) is 8.42 Å². The molecule has 0 radical (unpaired) electrons. The maximum Gasteiger partial charge on any atom is 0.257 e. The van der Waals surface area contributed by atoms with Crippen molar-refractivity contribution in [3.05, 3.63) is 66.0 Å². The smallest absolute Gasteiger partial charge is 0.257 e. The first-order valence-electron chi connectivity index (χ1n) is 8.97. The average Bonchev–Trinajstić information content (AvgIpc) is 3.33. The normalized spacial score (nSPS) is 15.9. The number of benzene rings is 2. The van der Waals surface area contributed by atoms with Gasteiger partial charge in [0, 0.05) is 5.56 Å². The lowest BCUT2D eigenvalue weighted by molar-refractivity contribution is 0.372. The second-order valence-electron chi connectivity index (χ2n) is 7.06. The predicted octanol–water partition coefficient (Wildman–Crippen LogP) is 3.86. The van der Waals surface area contributed by atoms with Crippen LogP contribution >= 0.6 is 12.4 Å². The molecule has 0 unspecified atom stereocenters. The number of aromatic nitrogens is 2. The van der Waals surface area contributed by atoms with Crippen molar-refractivity contribution in [1.82, 2.24) is 10.1 Å². The number of halogens is 1. The van der Waals surface area contributed by atoms with Crippen LogP contribution in [0.25, 0.3) is 11.5 Å². The Morgan fingerprint density at radius 3 is 2.29 bits per heavy atom. The molecule has 0 aliphatic heterocycles. The van der Waals surface area contributed by atoms with Gasteiger partial charge in [0.05, 0.1) is 16.2 Å². The fourth-order valence-corrected chi connectivity index (χ4v) is 4.80. The summed E-state index contributed by atoms with van der Waals surface area (Å²) >= 11 is 0. The predicted molar refractivity (Wildman–Crippen MR) is 109 cm³/mol. The zero-order valence-corrected chi connectivity index (χ0v) is 16.9. The van der Waals surface area contributed by atoms with Crippen LogP contribution in [-0.2, 0) is 21.1 Å². The van der Waals surface area contributed by atoms with Gasteiger partial charge in [-0.1, -0.05) is 48.3 Å². The van der Waals surface area contributed by atoms with Crippen molar-refractivity contribution in [3.8, 4) is 11.5 Å². The highest BCUT2D eigenvalue weighted by Gasteiger charge is 2.36. The molecule has 1 heterocycles. The topological polar surface area (TPSA) is 99.1 Å². The highest BCUT2D eigenvalue weighted by Crippen LogP contribution is 2.35. The molecular formula is C20H22ClN3O3S. The lowest BCUT2D eigenvalue weighted by atomic mass is 9.99. The molecule has 2 N–H and O–H groups in total. The molecule has 1 fully saturated rings. The van der Waals surface area contributed by atoms with E-state index in [1.54, 1.807) is 36.4 Å². The maximum atomic E-state index is 12.6. The van der Waals surface area contributed by atoms with E-state index in [4.69, 9.17) is 10.3 Å². The second kappa shape index (κ2) is 8.03. The van der Waals surface area contributed by atoms with Gasteiger partial charge in [-0.15, -0.1) is 12.4 Å². The van der Waals surface area contributed by atoms with Crippen molar-refractivity contribution >= 4 is 22.2 Å². The van der Waals surface area contributed by atoms with Gasteiger partial charge in [-0.3, -0.25) is 0 Å².